The standard InChI is InChI=1S/C45H29Cl2N5/c1-27(29-15-5-3-6-16-29)48-43(46)49-28(2)31-21-13-25-37-39(31)32-19-9-11-23-35(32)45(37)36-24-12-10-20-33(36)40-34(22-14-26-38(40)45)42-50-41(51-44(47)52-42)30-17-7-4-8-18-30/h3-26H,1H2,2H3. The van der Waals surface area contributed by atoms with Crippen LogP contribution in [0.3, 0.4) is 0 Å². The van der Waals surface area contributed by atoms with Gasteiger partial charge in [-0.1, -0.05) is 152 Å². The fraction of sp³-hybridized carbons (Fsp3) is 0.0444. The lowest BCUT2D eigenvalue weighted by Gasteiger charge is -2.30. The molecule has 1 heterocycles. The molecule has 248 valence electrons. The number of halogens is 2. The van der Waals surface area contributed by atoms with Crippen molar-refractivity contribution in [3.05, 3.63) is 191 Å². The maximum absolute atomic E-state index is 6.69. The van der Waals surface area contributed by atoms with Gasteiger partial charge in [-0.2, -0.15) is 9.97 Å². The van der Waals surface area contributed by atoms with Crippen LogP contribution in [0.2, 0.25) is 5.28 Å². The van der Waals surface area contributed by atoms with Crippen molar-refractivity contribution in [2.24, 2.45) is 9.98 Å². The third-order valence-corrected chi connectivity index (χ3v) is 10.3. The number of aliphatic imine (C=N–C) groups is 2. The van der Waals surface area contributed by atoms with Crippen molar-refractivity contribution in [3.63, 3.8) is 0 Å². The molecule has 5 nitrogen and oxygen atoms in total. The van der Waals surface area contributed by atoms with E-state index < -0.39 is 5.41 Å². The fourth-order valence-corrected chi connectivity index (χ4v) is 8.33. The highest BCUT2D eigenvalue weighted by atomic mass is 35.5. The molecule has 0 N–H and O–H groups in total. The molecule has 6 aromatic carbocycles. The van der Waals surface area contributed by atoms with Crippen LogP contribution in [-0.4, -0.2) is 26.0 Å². The van der Waals surface area contributed by atoms with E-state index >= 15 is 0 Å². The Kier molecular flexibility index (Phi) is 7.76. The lowest BCUT2D eigenvalue weighted by molar-refractivity contribution is 0.793. The number of fused-ring (bicyclic) bond motifs is 10. The molecule has 0 bridgehead atoms. The van der Waals surface area contributed by atoms with Crippen molar-refractivity contribution in [1.29, 1.82) is 0 Å². The predicted molar refractivity (Wildman–Crippen MR) is 213 cm³/mol. The molecule has 2 aliphatic carbocycles. The number of aromatic nitrogens is 3. The minimum absolute atomic E-state index is 0.122. The first-order valence-electron chi connectivity index (χ1n) is 16.9. The van der Waals surface area contributed by atoms with Crippen LogP contribution in [0.1, 0.15) is 40.3 Å². The Hall–Kier alpha value is -6.01. The monoisotopic (exact) mass is 709 g/mol. The number of amidine groups is 1. The maximum atomic E-state index is 6.69. The molecule has 7 heteroatoms. The van der Waals surface area contributed by atoms with E-state index in [1.807, 2.05) is 67.6 Å². The number of benzene rings is 6. The topological polar surface area (TPSA) is 63.4 Å². The van der Waals surface area contributed by atoms with E-state index in [2.05, 4.69) is 106 Å². The van der Waals surface area contributed by atoms with Crippen LogP contribution in [0.5, 0.6) is 0 Å². The molecular formula is C45H29Cl2N5. The Morgan fingerprint density at radius 2 is 1.10 bits per heavy atom. The van der Waals surface area contributed by atoms with Crippen LogP contribution >= 0.6 is 23.2 Å². The predicted octanol–water partition coefficient (Wildman–Crippen LogP) is 11.3. The van der Waals surface area contributed by atoms with Gasteiger partial charge >= 0.3 is 0 Å². The summed E-state index contributed by atoms with van der Waals surface area (Å²) in [6.45, 7) is 6.10. The molecule has 0 saturated heterocycles. The summed E-state index contributed by atoms with van der Waals surface area (Å²) < 4.78 is 0. The van der Waals surface area contributed by atoms with Gasteiger partial charge in [-0.3, -0.25) is 0 Å². The number of hydrogen-bond donors (Lipinski definition) is 0. The van der Waals surface area contributed by atoms with Gasteiger partial charge in [-0.25, -0.2) is 15.0 Å². The molecule has 0 fully saturated rings. The highest BCUT2D eigenvalue weighted by Crippen LogP contribution is 2.64. The molecule has 1 aromatic heterocycles. The molecule has 52 heavy (non-hydrogen) atoms. The molecular weight excluding hydrogens is 681 g/mol. The van der Waals surface area contributed by atoms with Gasteiger partial charge in [0, 0.05) is 22.4 Å². The van der Waals surface area contributed by atoms with Gasteiger partial charge in [0.25, 0.3) is 0 Å². The van der Waals surface area contributed by atoms with Gasteiger partial charge in [0.2, 0.25) is 10.6 Å². The Morgan fingerprint density at radius 3 is 1.81 bits per heavy atom. The van der Waals surface area contributed by atoms with E-state index in [4.69, 9.17) is 33.2 Å². The van der Waals surface area contributed by atoms with Gasteiger partial charge in [0.15, 0.2) is 11.6 Å². The molecule has 1 spiro atoms. The van der Waals surface area contributed by atoms with Gasteiger partial charge in [0.1, 0.15) is 0 Å². The largest absolute Gasteiger partial charge is 0.226 e. The zero-order valence-electron chi connectivity index (χ0n) is 28.1. The van der Waals surface area contributed by atoms with E-state index in [9.17, 15) is 0 Å². The van der Waals surface area contributed by atoms with E-state index in [-0.39, 0.29) is 10.6 Å². The number of rotatable bonds is 5. The summed E-state index contributed by atoms with van der Waals surface area (Å²) in [6, 6.07) is 49.8. The van der Waals surface area contributed by atoms with Gasteiger partial charge in [0.05, 0.1) is 11.1 Å². The number of nitrogens with zero attached hydrogens (tertiary/aromatic N) is 5. The van der Waals surface area contributed by atoms with Gasteiger partial charge in [-0.15, -0.1) is 0 Å². The van der Waals surface area contributed by atoms with Crippen molar-refractivity contribution in [3.8, 4) is 45.0 Å². The normalized spacial score (nSPS) is 15.6. The lowest BCUT2D eigenvalue weighted by atomic mass is 9.70. The molecule has 1 atom stereocenters. The van der Waals surface area contributed by atoms with Crippen LogP contribution in [0, 0.1) is 0 Å². The zero-order valence-corrected chi connectivity index (χ0v) is 29.6. The van der Waals surface area contributed by atoms with Crippen molar-refractivity contribution >= 4 is 39.9 Å². The Labute approximate surface area is 311 Å². The second kappa shape index (κ2) is 12.6. The Bertz CT molecular complexity index is 2630. The third-order valence-electron chi connectivity index (χ3n) is 10.0. The van der Waals surface area contributed by atoms with Crippen molar-refractivity contribution in [2.45, 2.75) is 12.3 Å². The minimum atomic E-state index is -0.608. The smallest absolute Gasteiger partial charge is 0.223 e. The molecule has 0 radical (unpaired) electrons. The summed E-state index contributed by atoms with van der Waals surface area (Å²) in [6.07, 6.45) is 0. The first-order chi connectivity index (χ1) is 25.4. The SMILES string of the molecule is C=C(N=C(Cl)N=C(C)c1cccc2c1-c1ccccc1C21c2ccccc2-c2c(-c3nc(Cl)nc(-c4ccccc4)n3)cccc21)c1ccccc1. The van der Waals surface area contributed by atoms with Crippen LogP contribution in [-0.2, 0) is 5.41 Å². The Balaban J connectivity index is 1.26. The summed E-state index contributed by atoms with van der Waals surface area (Å²) in [5.74, 6) is 1.05. The first-order valence-corrected chi connectivity index (χ1v) is 17.7. The molecule has 1 unspecified atom stereocenters. The van der Waals surface area contributed by atoms with E-state index in [0.717, 1.165) is 55.8 Å². The van der Waals surface area contributed by atoms with Crippen LogP contribution in [0.4, 0.5) is 0 Å². The summed E-state index contributed by atoms with van der Waals surface area (Å²) in [4.78, 5) is 23.5. The van der Waals surface area contributed by atoms with Gasteiger partial charge in [-0.05, 0) is 80.2 Å². The van der Waals surface area contributed by atoms with Crippen LogP contribution in [0.25, 0.3) is 50.7 Å². The van der Waals surface area contributed by atoms with E-state index in [1.54, 1.807) is 0 Å². The summed E-state index contributed by atoms with van der Waals surface area (Å²) in [7, 11) is 0. The highest BCUT2D eigenvalue weighted by Gasteiger charge is 2.52. The zero-order chi connectivity index (χ0) is 35.4. The van der Waals surface area contributed by atoms with E-state index in [1.165, 1.54) is 16.7 Å². The molecule has 0 saturated carbocycles. The second-order valence-corrected chi connectivity index (χ2v) is 13.5. The van der Waals surface area contributed by atoms with Crippen LogP contribution < -0.4 is 0 Å². The minimum Gasteiger partial charge on any atom is -0.223 e. The first kappa shape index (κ1) is 31.9. The summed E-state index contributed by atoms with van der Waals surface area (Å²) in [5, 5.41) is 0.269. The second-order valence-electron chi connectivity index (χ2n) is 12.8. The summed E-state index contributed by atoms with van der Waals surface area (Å²) >= 11 is 13.3. The maximum Gasteiger partial charge on any atom is 0.226 e. The average molecular weight is 711 g/mol. The van der Waals surface area contributed by atoms with Crippen molar-refractivity contribution in [2.75, 3.05) is 0 Å². The van der Waals surface area contributed by atoms with Crippen molar-refractivity contribution < 1.29 is 0 Å². The molecule has 0 amide bonds. The lowest BCUT2D eigenvalue weighted by Crippen LogP contribution is -2.26. The van der Waals surface area contributed by atoms with Gasteiger partial charge < -0.3 is 0 Å². The Morgan fingerprint density at radius 1 is 0.558 bits per heavy atom. The molecule has 7 aromatic rings. The highest BCUT2D eigenvalue weighted by molar-refractivity contribution is 6.66. The quantitative estimate of drug-likeness (QED) is 0.101. The molecule has 0 aliphatic heterocycles. The van der Waals surface area contributed by atoms with E-state index in [0.29, 0.717) is 17.3 Å². The molecule has 2 aliphatic rings. The fourth-order valence-electron chi connectivity index (χ4n) is 7.94. The summed E-state index contributed by atoms with van der Waals surface area (Å²) in [5.41, 5.74) is 13.5. The number of hydrogen-bond acceptors (Lipinski definition) is 4. The van der Waals surface area contributed by atoms with Crippen molar-refractivity contribution in [1.82, 2.24) is 15.0 Å². The average Bonchev–Trinajstić information content (AvgIpc) is 3.66. The third kappa shape index (κ3) is 4.96. The van der Waals surface area contributed by atoms with Crippen LogP contribution in [0.15, 0.2) is 162 Å². The molecule has 9 rings (SSSR count).